The highest BCUT2D eigenvalue weighted by molar-refractivity contribution is 5.48. The van der Waals surface area contributed by atoms with Gasteiger partial charge >= 0.3 is 0 Å². The summed E-state index contributed by atoms with van der Waals surface area (Å²) in [4.78, 5) is 1.64. The first-order chi connectivity index (χ1) is 10.2. The van der Waals surface area contributed by atoms with Crippen molar-refractivity contribution in [3.05, 3.63) is 36.7 Å². The number of hydrogen-bond donors (Lipinski definition) is 1. The van der Waals surface area contributed by atoms with Gasteiger partial charge in [-0.3, -0.25) is 0 Å². The van der Waals surface area contributed by atoms with Gasteiger partial charge in [0.05, 0.1) is 18.1 Å². The maximum Gasteiger partial charge on any atom is 0.0858 e. The third-order valence-corrected chi connectivity index (χ3v) is 4.60. The third-order valence-electron chi connectivity index (χ3n) is 4.60. The Labute approximate surface area is 126 Å². The molecule has 21 heavy (non-hydrogen) atoms. The van der Waals surface area contributed by atoms with Crippen molar-refractivity contribution in [1.82, 2.24) is 15.0 Å². The fourth-order valence-electron chi connectivity index (χ4n) is 3.21. The molecule has 4 heteroatoms. The number of benzene rings is 1. The van der Waals surface area contributed by atoms with Crippen molar-refractivity contribution in [3.63, 3.8) is 0 Å². The van der Waals surface area contributed by atoms with Gasteiger partial charge in [0.1, 0.15) is 0 Å². The summed E-state index contributed by atoms with van der Waals surface area (Å²) in [5.41, 5.74) is 2.19. The van der Waals surface area contributed by atoms with E-state index in [1.165, 1.54) is 31.4 Å². The lowest BCUT2D eigenvalue weighted by Gasteiger charge is -2.31. The van der Waals surface area contributed by atoms with Crippen molar-refractivity contribution in [2.24, 2.45) is 11.8 Å². The maximum absolute atomic E-state index is 4.14. The van der Waals surface area contributed by atoms with Crippen molar-refractivity contribution >= 4 is 5.69 Å². The SMILES string of the molecule is CC(C)C1CCC(Nc2ccc(-n3nccn3)cc2)CC1. The first-order valence-electron chi connectivity index (χ1n) is 7.95. The van der Waals surface area contributed by atoms with Gasteiger partial charge in [0.25, 0.3) is 0 Å². The van der Waals surface area contributed by atoms with E-state index < -0.39 is 0 Å². The quantitative estimate of drug-likeness (QED) is 0.926. The molecule has 0 unspecified atom stereocenters. The molecule has 1 aliphatic rings. The zero-order chi connectivity index (χ0) is 14.7. The van der Waals surface area contributed by atoms with Crippen molar-refractivity contribution in [1.29, 1.82) is 0 Å². The highest BCUT2D eigenvalue weighted by atomic mass is 15.5. The van der Waals surface area contributed by atoms with Crippen LogP contribution in [0.5, 0.6) is 0 Å². The molecule has 0 aliphatic heterocycles. The van der Waals surface area contributed by atoms with Crippen LogP contribution >= 0.6 is 0 Å². The largest absolute Gasteiger partial charge is 0.382 e. The van der Waals surface area contributed by atoms with Crippen LogP contribution in [0.25, 0.3) is 5.69 Å². The lowest BCUT2D eigenvalue weighted by molar-refractivity contribution is 0.267. The van der Waals surface area contributed by atoms with Gasteiger partial charge < -0.3 is 5.32 Å². The third kappa shape index (κ3) is 3.43. The van der Waals surface area contributed by atoms with E-state index in [4.69, 9.17) is 0 Å². The summed E-state index contributed by atoms with van der Waals surface area (Å²) >= 11 is 0. The van der Waals surface area contributed by atoms with Gasteiger partial charge in [-0.15, -0.1) is 0 Å². The van der Waals surface area contributed by atoms with Crippen molar-refractivity contribution in [2.45, 2.75) is 45.6 Å². The molecule has 112 valence electrons. The summed E-state index contributed by atoms with van der Waals surface area (Å²) in [6.45, 7) is 4.70. The Bertz CT molecular complexity index is 537. The Kier molecular flexibility index (Phi) is 4.23. The van der Waals surface area contributed by atoms with E-state index in [1.807, 2.05) is 0 Å². The number of aromatic nitrogens is 3. The van der Waals surface area contributed by atoms with E-state index in [-0.39, 0.29) is 0 Å². The fraction of sp³-hybridized carbons (Fsp3) is 0.529. The van der Waals surface area contributed by atoms with Gasteiger partial charge in [0, 0.05) is 11.7 Å². The molecule has 3 rings (SSSR count). The summed E-state index contributed by atoms with van der Waals surface area (Å²) in [5.74, 6) is 1.74. The Morgan fingerprint density at radius 1 is 1.00 bits per heavy atom. The van der Waals surface area contributed by atoms with E-state index in [9.17, 15) is 0 Å². The average Bonchev–Trinajstić information content (AvgIpc) is 3.03. The monoisotopic (exact) mass is 284 g/mol. The lowest BCUT2D eigenvalue weighted by Crippen LogP contribution is -2.27. The Hall–Kier alpha value is -1.84. The number of anilines is 1. The van der Waals surface area contributed by atoms with Crippen LogP contribution in [0.1, 0.15) is 39.5 Å². The second kappa shape index (κ2) is 6.29. The van der Waals surface area contributed by atoms with Crippen molar-refractivity contribution in [2.75, 3.05) is 5.32 Å². The predicted octanol–water partition coefficient (Wildman–Crippen LogP) is 3.89. The molecule has 0 atom stereocenters. The summed E-state index contributed by atoms with van der Waals surface area (Å²) in [6, 6.07) is 8.97. The molecule has 2 aromatic rings. The molecular weight excluding hydrogens is 260 g/mol. The Balaban J connectivity index is 1.57. The minimum atomic E-state index is 0.619. The van der Waals surface area contributed by atoms with Crippen LogP contribution in [0.15, 0.2) is 36.7 Å². The van der Waals surface area contributed by atoms with Gasteiger partial charge in [0.2, 0.25) is 0 Å². The van der Waals surface area contributed by atoms with Crippen molar-refractivity contribution < 1.29 is 0 Å². The lowest BCUT2D eigenvalue weighted by atomic mass is 9.79. The van der Waals surface area contributed by atoms with E-state index in [1.54, 1.807) is 17.2 Å². The molecule has 0 saturated heterocycles. The number of nitrogens with zero attached hydrogens (tertiary/aromatic N) is 3. The van der Waals surface area contributed by atoms with E-state index in [0.717, 1.165) is 17.5 Å². The Morgan fingerprint density at radius 2 is 1.62 bits per heavy atom. The van der Waals surface area contributed by atoms with Crippen LogP contribution in [0, 0.1) is 11.8 Å². The van der Waals surface area contributed by atoms with Crippen LogP contribution in [-0.2, 0) is 0 Å². The Morgan fingerprint density at radius 3 is 2.19 bits per heavy atom. The molecule has 4 nitrogen and oxygen atoms in total. The second-order valence-corrected chi connectivity index (χ2v) is 6.37. The molecule has 1 saturated carbocycles. The normalized spacial score (nSPS) is 22.4. The molecule has 1 fully saturated rings. The second-order valence-electron chi connectivity index (χ2n) is 6.37. The molecule has 0 spiro atoms. The molecular formula is C17H24N4. The smallest absolute Gasteiger partial charge is 0.0858 e. The fourth-order valence-corrected chi connectivity index (χ4v) is 3.21. The minimum Gasteiger partial charge on any atom is -0.382 e. The standard InChI is InChI=1S/C17H24N4/c1-13(2)14-3-5-15(6-4-14)20-16-7-9-17(10-8-16)21-18-11-12-19-21/h7-15,20H,3-6H2,1-2H3. The molecule has 0 amide bonds. The minimum absolute atomic E-state index is 0.619. The maximum atomic E-state index is 4.14. The van der Waals surface area contributed by atoms with Gasteiger partial charge in [0.15, 0.2) is 0 Å². The highest BCUT2D eigenvalue weighted by Gasteiger charge is 2.22. The van der Waals surface area contributed by atoms with Gasteiger partial charge in [-0.1, -0.05) is 13.8 Å². The highest BCUT2D eigenvalue weighted by Crippen LogP contribution is 2.31. The van der Waals surface area contributed by atoms with Gasteiger partial charge in [-0.2, -0.15) is 15.0 Å². The van der Waals surface area contributed by atoms with Crippen LogP contribution in [0.3, 0.4) is 0 Å². The predicted molar refractivity (Wildman–Crippen MR) is 85.6 cm³/mol. The molecule has 1 aromatic carbocycles. The zero-order valence-corrected chi connectivity index (χ0v) is 12.9. The van der Waals surface area contributed by atoms with Crippen LogP contribution in [-0.4, -0.2) is 21.0 Å². The molecule has 1 aliphatic carbocycles. The average molecular weight is 284 g/mol. The molecule has 1 aromatic heterocycles. The number of rotatable bonds is 4. The first kappa shape index (κ1) is 14.1. The zero-order valence-electron chi connectivity index (χ0n) is 12.9. The van der Waals surface area contributed by atoms with E-state index in [0.29, 0.717) is 6.04 Å². The molecule has 0 bridgehead atoms. The van der Waals surface area contributed by atoms with E-state index >= 15 is 0 Å². The molecule has 1 heterocycles. The van der Waals surface area contributed by atoms with Crippen LogP contribution in [0.2, 0.25) is 0 Å². The van der Waals surface area contributed by atoms with Crippen LogP contribution in [0.4, 0.5) is 5.69 Å². The summed E-state index contributed by atoms with van der Waals surface area (Å²) in [7, 11) is 0. The van der Waals surface area contributed by atoms with Crippen LogP contribution < -0.4 is 5.32 Å². The summed E-state index contributed by atoms with van der Waals surface area (Å²) in [6.07, 6.45) is 8.66. The first-order valence-corrected chi connectivity index (χ1v) is 7.95. The topological polar surface area (TPSA) is 42.7 Å². The van der Waals surface area contributed by atoms with Gasteiger partial charge in [-0.05, 0) is 61.8 Å². The molecule has 0 radical (unpaired) electrons. The summed E-state index contributed by atoms with van der Waals surface area (Å²) in [5, 5.41) is 11.9. The van der Waals surface area contributed by atoms with Gasteiger partial charge in [-0.25, -0.2) is 0 Å². The number of hydrogen-bond acceptors (Lipinski definition) is 3. The summed E-state index contributed by atoms with van der Waals surface area (Å²) < 4.78 is 0. The number of nitrogens with one attached hydrogen (secondary N) is 1. The van der Waals surface area contributed by atoms with Crippen molar-refractivity contribution in [3.8, 4) is 5.69 Å². The van der Waals surface area contributed by atoms with E-state index in [2.05, 4.69) is 53.6 Å². The molecule has 1 N–H and O–H groups in total.